The lowest BCUT2D eigenvalue weighted by Crippen LogP contribution is -2.38. The van der Waals surface area contributed by atoms with Crippen LogP contribution in [0.3, 0.4) is 0 Å². The highest BCUT2D eigenvalue weighted by atomic mass is 32.2. The molecule has 4 heterocycles. The minimum Gasteiger partial charge on any atom is -0.454 e. The number of benzene rings is 1. The van der Waals surface area contributed by atoms with Crippen LogP contribution in [0.5, 0.6) is 11.5 Å². The Morgan fingerprint density at radius 2 is 2.03 bits per heavy atom. The number of ether oxygens (including phenoxy) is 4. The molecule has 0 radical (unpaired) electrons. The summed E-state index contributed by atoms with van der Waals surface area (Å²) in [5, 5.41) is 12.5. The average Bonchev–Trinajstić information content (AvgIpc) is 3.58. The van der Waals surface area contributed by atoms with Gasteiger partial charge in [-0.1, -0.05) is 17.8 Å². The van der Waals surface area contributed by atoms with Crippen molar-refractivity contribution in [1.82, 2.24) is 20.1 Å². The van der Waals surface area contributed by atoms with Gasteiger partial charge in [0.1, 0.15) is 0 Å². The molecule has 0 bridgehead atoms. The monoisotopic (exact) mass is 461 g/mol. The highest BCUT2D eigenvalue weighted by Gasteiger charge is 2.25. The van der Waals surface area contributed by atoms with E-state index in [4.69, 9.17) is 18.9 Å². The van der Waals surface area contributed by atoms with Crippen molar-refractivity contribution in [1.29, 1.82) is 0 Å². The molecule has 3 aliphatic heterocycles. The quantitative estimate of drug-likeness (QED) is 0.585. The molecule has 11 heteroatoms. The lowest BCUT2D eigenvalue weighted by molar-refractivity contribution is -0.118. The summed E-state index contributed by atoms with van der Waals surface area (Å²) in [5.41, 5.74) is 0.962. The van der Waals surface area contributed by atoms with Crippen molar-refractivity contribution in [2.75, 3.05) is 50.4 Å². The molecule has 1 amide bonds. The van der Waals surface area contributed by atoms with Crippen LogP contribution in [-0.2, 0) is 27.4 Å². The molecule has 0 spiro atoms. The third-order valence-corrected chi connectivity index (χ3v) is 6.63. The van der Waals surface area contributed by atoms with Crippen LogP contribution in [0.1, 0.15) is 18.4 Å². The van der Waals surface area contributed by atoms with Gasteiger partial charge in [0.05, 0.1) is 31.6 Å². The number of rotatable bonds is 8. The van der Waals surface area contributed by atoms with E-state index in [1.165, 1.54) is 11.8 Å². The van der Waals surface area contributed by atoms with Crippen molar-refractivity contribution in [3.8, 4) is 11.5 Å². The third kappa shape index (κ3) is 4.94. The maximum absolute atomic E-state index is 12.5. The summed E-state index contributed by atoms with van der Waals surface area (Å²) >= 11 is 1.40. The molecule has 3 aliphatic rings. The largest absolute Gasteiger partial charge is 0.454 e. The Bertz CT molecular complexity index is 943. The Morgan fingerprint density at radius 3 is 2.88 bits per heavy atom. The summed E-state index contributed by atoms with van der Waals surface area (Å²) in [6, 6.07) is 5.68. The van der Waals surface area contributed by atoms with Gasteiger partial charge in [-0.05, 0) is 30.5 Å². The van der Waals surface area contributed by atoms with Crippen molar-refractivity contribution in [2.24, 2.45) is 0 Å². The first-order valence-corrected chi connectivity index (χ1v) is 11.9. The van der Waals surface area contributed by atoms with Crippen LogP contribution < -0.4 is 19.7 Å². The second-order valence-electron chi connectivity index (χ2n) is 7.88. The number of carbonyl (C=O) groups is 1. The Hall–Kier alpha value is -2.50. The number of fused-ring (bicyclic) bond motifs is 1. The maximum atomic E-state index is 12.5. The molecular weight excluding hydrogens is 434 g/mol. The number of morpholine rings is 1. The molecule has 1 N–H and O–H groups in total. The van der Waals surface area contributed by atoms with E-state index in [0.717, 1.165) is 55.0 Å². The minimum atomic E-state index is -0.0627. The van der Waals surface area contributed by atoms with Crippen molar-refractivity contribution in [2.45, 2.75) is 37.2 Å². The van der Waals surface area contributed by atoms with Crippen LogP contribution in [0.4, 0.5) is 5.95 Å². The normalized spacial score (nSPS) is 20.0. The number of carbonyl (C=O) groups excluding carboxylic acids is 1. The van der Waals surface area contributed by atoms with Gasteiger partial charge in [-0.25, -0.2) is 0 Å². The molecule has 2 aromatic rings. The number of nitrogens with one attached hydrogen (secondary N) is 1. The second-order valence-corrected chi connectivity index (χ2v) is 8.82. The third-order valence-electron chi connectivity index (χ3n) is 5.66. The Kier molecular flexibility index (Phi) is 6.65. The van der Waals surface area contributed by atoms with E-state index in [1.807, 2.05) is 18.2 Å². The standard InChI is InChI=1S/C21H27N5O5S/c27-19(22-11-15-3-4-17-18(10-15)31-14-30-17)13-32-21-24-23-20(25-5-8-28-9-6-25)26(21)12-16-2-1-7-29-16/h3-4,10,16H,1-2,5-9,11-14H2,(H,22,27). The smallest absolute Gasteiger partial charge is 0.231 e. The highest BCUT2D eigenvalue weighted by Crippen LogP contribution is 2.32. The fourth-order valence-electron chi connectivity index (χ4n) is 3.97. The van der Waals surface area contributed by atoms with E-state index in [9.17, 15) is 4.79 Å². The summed E-state index contributed by atoms with van der Waals surface area (Å²) in [6.07, 6.45) is 2.26. The van der Waals surface area contributed by atoms with Crippen molar-refractivity contribution in [3.05, 3.63) is 23.8 Å². The predicted octanol–water partition coefficient (Wildman–Crippen LogP) is 1.43. The maximum Gasteiger partial charge on any atom is 0.231 e. The number of anilines is 1. The van der Waals surface area contributed by atoms with Gasteiger partial charge in [0, 0.05) is 26.2 Å². The van der Waals surface area contributed by atoms with Gasteiger partial charge in [-0.2, -0.15) is 0 Å². The number of hydrogen-bond donors (Lipinski definition) is 1. The van der Waals surface area contributed by atoms with E-state index in [-0.39, 0.29) is 24.6 Å². The average molecular weight is 462 g/mol. The molecule has 1 atom stereocenters. The molecule has 32 heavy (non-hydrogen) atoms. The molecule has 10 nitrogen and oxygen atoms in total. The van der Waals surface area contributed by atoms with Gasteiger partial charge in [-0.15, -0.1) is 10.2 Å². The van der Waals surface area contributed by atoms with Gasteiger partial charge in [0.25, 0.3) is 0 Å². The van der Waals surface area contributed by atoms with Crippen molar-refractivity contribution < 1.29 is 23.7 Å². The minimum absolute atomic E-state index is 0.0627. The second kappa shape index (κ2) is 9.97. The summed E-state index contributed by atoms with van der Waals surface area (Å²) in [4.78, 5) is 14.7. The number of hydrogen-bond acceptors (Lipinski definition) is 9. The van der Waals surface area contributed by atoms with Crippen LogP contribution in [0.25, 0.3) is 0 Å². The molecular formula is C21H27N5O5S. The van der Waals surface area contributed by atoms with E-state index in [0.29, 0.717) is 32.1 Å². The summed E-state index contributed by atoms with van der Waals surface area (Å²) in [6.45, 7) is 5.08. The van der Waals surface area contributed by atoms with Crippen molar-refractivity contribution >= 4 is 23.6 Å². The van der Waals surface area contributed by atoms with E-state index in [1.54, 1.807) is 0 Å². The molecule has 5 rings (SSSR count). The summed E-state index contributed by atoms with van der Waals surface area (Å²) in [7, 11) is 0. The Labute approximate surface area is 190 Å². The van der Waals surface area contributed by atoms with Gasteiger partial charge in [0.2, 0.25) is 18.6 Å². The summed E-state index contributed by atoms with van der Waals surface area (Å²) < 4.78 is 24.1. The first-order chi connectivity index (χ1) is 15.8. The summed E-state index contributed by atoms with van der Waals surface area (Å²) in [5.74, 6) is 2.47. The first-order valence-electron chi connectivity index (χ1n) is 10.9. The van der Waals surface area contributed by atoms with Gasteiger partial charge in [0.15, 0.2) is 16.7 Å². The zero-order valence-electron chi connectivity index (χ0n) is 17.8. The van der Waals surface area contributed by atoms with Gasteiger partial charge in [-0.3, -0.25) is 9.36 Å². The fourth-order valence-corrected chi connectivity index (χ4v) is 4.74. The zero-order chi connectivity index (χ0) is 21.8. The van der Waals surface area contributed by atoms with Crippen LogP contribution in [-0.4, -0.2) is 72.2 Å². The molecule has 1 aromatic heterocycles. The molecule has 172 valence electrons. The molecule has 0 saturated carbocycles. The van der Waals surface area contributed by atoms with E-state index in [2.05, 4.69) is 25.0 Å². The highest BCUT2D eigenvalue weighted by molar-refractivity contribution is 7.99. The number of aromatic nitrogens is 3. The van der Waals surface area contributed by atoms with Gasteiger partial charge < -0.3 is 29.2 Å². The molecule has 0 aliphatic carbocycles. The van der Waals surface area contributed by atoms with E-state index < -0.39 is 0 Å². The Morgan fingerprint density at radius 1 is 1.16 bits per heavy atom. The topological polar surface area (TPSA) is 100.0 Å². The van der Waals surface area contributed by atoms with Crippen LogP contribution in [0.15, 0.2) is 23.4 Å². The molecule has 1 aromatic carbocycles. The van der Waals surface area contributed by atoms with Crippen LogP contribution in [0.2, 0.25) is 0 Å². The predicted molar refractivity (Wildman–Crippen MR) is 117 cm³/mol. The Balaban J connectivity index is 1.20. The number of thioether (sulfide) groups is 1. The fraction of sp³-hybridized carbons (Fsp3) is 0.571. The lowest BCUT2D eigenvalue weighted by atomic mass is 10.2. The number of amides is 1. The molecule has 1 unspecified atom stereocenters. The van der Waals surface area contributed by atoms with Crippen molar-refractivity contribution in [3.63, 3.8) is 0 Å². The SMILES string of the molecule is O=C(CSc1nnc(N2CCOCC2)n1CC1CCCO1)NCc1ccc2c(c1)OCO2. The molecule has 2 fully saturated rings. The van der Waals surface area contributed by atoms with Crippen LogP contribution in [0, 0.1) is 0 Å². The van der Waals surface area contributed by atoms with E-state index >= 15 is 0 Å². The van der Waals surface area contributed by atoms with Gasteiger partial charge >= 0.3 is 0 Å². The lowest BCUT2D eigenvalue weighted by Gasteiger charge is -2.28. The van der Waals surface area contributed by atoms with Crippen LogP contribution >= 0.6 is 11.8 Å². The number of nitrogens with zero attached hydrogens (tertiary/aromatic N) is 4. The molecule has 2 saturated heterocycles. The first kappa shape index (κ1) is 21.4. The zero-order valence-corrected chi connectivity index (χ0v) is 18.6.